The van der Waals surface area contributed by atoms with Gasteiger partial charge in [-0.1, -0.05) is 54.6 Å². The van der Waals surface area contributed by atoms with E-state index < -0.39 is 24.0 Å². The van der Waals surface area contributed by atoms with E-state index >= 15 is 0 Å². The number of methoxy groups -OCH3 is 1. The maximum Gasteiger partial charge on any atom is 0.323 e. The molecule has 1 heterocycles. The van der Waals surface area contributed by atoms with Gasteiger partial charge in [0.25, 0.3) is 0 Å². The van der Waals surface area contributed by atoms with Crippen LogP contribution < -0.4 is 0 Å². The van der Waals surface area contributed by atoms with Gasteiger partial charge in [-0.25, -0.2) is 0 Å². The van der Waals surface area contributed by atoms with Crippen molar-refractivity contribution in [2.45, 2.75) is 19.1 Å². The van der Waals surface area contributed by atoms with Gasteiger partial charge in [-0.05, 0) is 23.1 Å². The molecule has 5 heteroatoms. The van der Waals surface area contributed by atoms with Gasteiger partial charge in [0.05, 0.1) is 13.7 Å². The Balaban J connectivity index is 1.81. The minimum atomic E-state index is -1.14. The van der Waals surface area contributed by atoms with Gasteiger partial charge < -0.3 is 14.2 Å². The Morgan fingerprint density at radius 3 is 2.56 bits per heavy atom. The van der Waals surface area contributed by atoms with Crippen LogP contribution in [0, 0.1) is 5.92 Å². The molecular formula is C20H20O5. The van der Waals surface area contributed by atoms with Crippen molar-refractivity contribution in [3.63, 3.8) is 0 Å². The molecule has 0 bridgehead atoms. The van der Waals surface area contributed by atoms with Gasteiger partial charge in [0.2, 0.25) is 0 Å². The van der Waals surface area contributed by atoms with Crippen LogP contribution in [0.5, 0.6) is 0 Å². The molecule has 0 saturated carbocycles. The lowest BCUT2D eigenvalue weighted by molar-refractivity contribution is -0.170. The van der Waals surface area contributed by atoms with Crippen LogP contribution in [0.2, 0.25) is 0 Å². The van der Waals surface area contributed by atoms with Crippen LogP contribution in [-0.2, 0) is 36.8 Å². The topological polar surface area (TPSA) is 61.8 Å². The highest BCUT2D eigenvalue weighted by molar-refractivity contribution is 5.95. The lowest BCUT2D eigenvalue weighted by Gasteiger charge is -2.29. The van der Waals surface area contributed by atoms with Crippen LogP contribution in [0.3, 0.4) is 0 Å². The van der Waals surface area contributed by atoms with E-state index in [0.29, 0.717) is 6.61 Å². The monoisotopic (exact) mass is 340 g/mol. The molecule has 5 nitrogen and oxygen atoms in total. The normalized spacial score (nSPS) is 17.2. The van der Waals surface area contributed by atoms with E-state index in [2.05, 4.69) is 0 Å². The molecule has 2 atom stereocenters. The van der Waals surface area contributed by atoms with E-state index in [-0.39, 0.29) is 6.61 Å². The number of ether oxygens (including phenoxy) is 3. The molecular weight excluding hydrogens is 320 g/mol. The maximum absolute atomic E-state index is 12.6. The lowest BCUT2D eigenvalue weighted by Crippen LogP contribution is -2.36. The zero-order valence-corrected chi connectivity index (χ0v) is 14.0. The SMILES string of the molecule is COC(=O)C(C(=O)OCc1ccccc1)C1OCCc2ccccc21. The van der Waals surface area contributed by atoms with Crippen LogP contribution in [0.4, 0.5) is 0 Å². The molecule has 0 fully saturated rings. The van der Waals surface area contributed by atoms with Crippen LogP contribution in [0.15, 0.2) is 54.6 Å². The van der Waals surface area contributed by atoms with Gasteiger partial charge in [-0.3, -0.25) is 9.59 Å². The molecule has 0 aliphatic carbocycles. The fourth-order valence-electron chi connectivity index (χ4n) is 2.99. The fourth-order valence-corrected chi connectivity index (χ4v) is 2.99. The van der Waals surface area contributed by atoms with Gasteiger partial charge in [-0.15, -0.1) is 0 Å². The predicted molar refractivity (Wildman–Crippen MR) is 90.6 cm³/mol. The number of rotatable bonds is 5. The van der Waals surface area contributed by atoms with Crippen molar-refractivity contribution < 1.29 is 23.8 Å². The summed E-state index contributed by atoms with van der Waals surface area (Å²) in [4.78, 5) is 24.9. The zero-order valence-electron chi connectivity index (χ0n) is 14.0. The average Bonchev–Trinajstić information content (AvgIpc) is 2.67. The van der Waals surface area contributed by atoms with E-state index in [0.717, 1.165) is 23.1 Å². The number of benzene rings is 2. The number of carbonyl (C=O) groups is 2. The summed E-state index contributed by atoms with van der Waals surface area (Å²) in [5, 5.41) is 0. The van der Waals surface area contributed by atoms with Crippen molar-refractivity contribution in [3.8, 4) is 0 Å². The van der Waals surface area contributed by atoms with Crippen molar-refractivity contribution in [1.82, 2.24) is 0 Å². The molecule has 130 valence electrons. The molecule has 2 unspecified atom stereocenters. The highest BCUT2D eigenvalue weighted by Crippen LogP contribution is 2.34. The zero-order chi connectivity index (χ0) is 17.6. The molecule has 3 rings (SSSR count). The molecule has 0 amide bonds. The number of hydrogen-bond acceptors (Lipinski definition) is 5. The summed E-state index contributed by atoms with van der Waals surface area (Å²) in [5.41, 5.74) is 2.76. The summed E-state index contributed by atoms with van der Waals surface area (Å²) in [6.45, 7) is 0.544. The van der Waals surface area contributed by atoms with Gasteiger partial charge in [0.1, 0.15) is 12.7 Å². The average molecular weight is 340 g/mol. The summed E-state index contributed by atoms with van der Waals surface area (Å²) in [7, 11) is 1.26. The number of hydrogen-bond donors (Lipinski definition) is 0. The van der Waals surface area contributed by atoms with E-state index in [1.165, 1.54) is 7.11 Å². The van der Waals surface area contributed by atoms with Gasteiger partial charge in [0, 0.05) is 0 Å². The van der Waals surface area contributed by atoms with E-state index in [4.69, 9.17) is 14.2 Å². The third kappa shape index (κ3) is 3.88. The molecule has 1 aliphatic rings. The van der Waals surface area contributed by atoms with Crippen LogP contribution in [0.25, 0.3) is 0 Å². The second-order valence-corrected chi connectivity index (χ2v) is 5.83. The third-order valence-electron chi connectivity index (χ3n) is 4.27. The first-order valence-electron chi connectivity index (χ1n) is 8.18. The first-order chi connectivity index (χ1) is 12.2. The predicted octanol–water partition coefficient (Wildman–Crippen LogP) is 2.83. The molecule has 0 N–H and O–H groups in total. The summed E-state index contributed by atoms with van der Waals surface area (Å²) >= 11 is 0. The minimum Gasteiger partial charge on any atom is -0.468 e. The standard InChI is InChI=1S/C20H20O5/c1-23-19(21)17(20(22)25-13-14-7-3-2-4-8-14)18-16-10-6-5-9-15(16)11-12-24-18/h2-10,17-18H,11-13H2,1H3. The molecule has 2 aromatic carbocycles. The fraction of sp³-hybridized carbons (Fsp3) is 0.300. The van der Waals surface area contributed by atoms with Gasteiger partial charge in [0.15, 0.2) is 5.92 Å². The minimum absolute atomic E-state index is 0.0987. The van der Waals surface area contributed by atoms with E-state index in [1.807, 2.05) is 54.6 Å². The molecule has 0 saturated heterocycles. The van der Waals surface area contributed by atoms with Crippen molar-refractivity contribution in [1.29, 1.82) is 0 Å². The number of carbonyl (C=O) groups excluding carboxylic acids is 2. The quantitative estimate of drug-likeness (QED) is 0.619. The van der Waals surface area contributed by atoms with Crippen LogP contribution >= 0.6 is 0 Å². The van der Waals surface area contributed by atoms with Crippen molar-refractivity contribution in [2.24, 2.45) is 5.92 Å². The smallest absolute Gasteiger partial charge is 0.323 e. The Kier molecular flexibility index (Phi) is 5.46. The Labute approximate surface area is 146 Å². The highest BCUT2D eigenvalue weighted by atomic mass is 16.6. The largest absolute Gasteiger partial charge is 0.468 e. The second-order valence-electron chi connectivity index (χ2n) is 5.83. The summed E-state index contributed by atoms with van der Waals surface area (Å²) in [6, 6.07) is 17.0. The maximum atomic E-state index is 12.6. The summed E-state index contributed by atoms with van der Waals surface area (Å²) in [5.74, 6) is -2.44. The summed E-state index contributed by atoms with van der Waals surface area (Å²) in [6.07, 6.45) is 0.0558. The van der Waals surface area contributed by atoms with Gasteiger partial charge >= 0.3 is 11.9 Å². The van der Waals surface area contributed by atoms with Crippen LogP contribution in [-0.4, -0.2) is 25.7 Å². The first-order valence-corrected chi connectivity index (χ1v) is 8.18. The second kappa shape index (κ2) is 7.94. The van der Waals surface area contributed by atoms with Crippen molar-refractivity contribution >= 4 is 11.9 Å². The molecule has 0 spiro atoms. The Hall–Kier alpha value is -2.66. The van der Waals surface area contributed by atoms with Crippen molar-refractivity contribution in [2.75, 3.05) is 13.7 Å². The third-order valence-corrected chi connectivity index (χ3v) is 4.27. The molecule has 0 radical (unpaired) electrons. The molecule has 1 aliphatic heterocycles. The number of fused-ring (bicyclic) bond motifs is 1. The first kappa shape index (κ1) is 17.2. The lowest BCUT2D eigenvalue weighted by atomic mass is 9.89. The van der Waals surface area contributed by atoms with Gasteiger partial charge in [-0.2, -0.15) is 0 Å². The van der Waals surface area contributed by atoms with Crippen LogP contribution in [0.1, 0.15) is 22.8 Å². The molecule has 25 heavy (non-hydrogen) atoms. The van der Waals surface area contributed by atoms with E-state index in [9.17, 15) is 9.59 Å². The number of esters is 2. The molecule has 2 aromatic rings. The Morgan fingerprint density at radius 2 is 1.80 bits per heavy atom. The Bertz CT molecular complexity index is 741. The highest BCUT2D eigenvalue weighted by Gasteiger charge is 2.41. The molecule has 0 aromatic heterocycles. The Morgan fingerprint density at radius 1 is 1.08 bits per heavy atom. The van der Waals surface area contributed by atoms with Crippen molar-refractivity contribution in [3.05, 3.63) is 71.3 Å². The van der Waals surface area contributed by atoms with E-state index in [1.54, 1.807) is 0 Å². The summed E-state index contributed by atoms with van der Waals surface area (Å²) < 4.78 is 16.0.